The number of rotatable bonds is 2. The predicted molar refractivity (Wildman–Crippen MR) is 66.4 cm³/mol. The second kappa shape index (κ2) is 4.61. The smallest absolute Gasteiger partial charge is 0.146 e. The van der Waals surface area contributed by atoms with Crippen LogP contribution in [0, 0.1) is 12.7 Å². The number of hydrogen-bond acceptors (Lipinski definition) is 2. The van der Waals surface area contributed by atoms with Gasteiger partial charge < -0.3 is 5.32 Å². The summed E-state index contributed by atoms with van der Waals surface area (Å²) in [7, 11) is 0. The van der Waals surface area contributed by atoms with Crippen LogP contribution in [0.1, 0.15) is 5.56 Å². The maximum atomic E-state index is 13.5. The Morgan fingerprint density at radius 2 is 1.94 bits per heavy atom. The van der Waals surface area contributed by atoms with Gasteiger partial charge in [0.1, 0.15) is 16.2 Å². The number of pyridine rings is 1. The van der Waals surface area contributed by atoms with E-state index in [1.165, 1.54) is 6.07 Å². The van der Waals surface area contributed by atoms with E-state index in [2.05, 4.69) is 26.2 Å². The van der Waals surface area contributed by atoms with Crippen molar-refractivity contribution < 1.29 is 4.39 Å². The lowest BCUT2D eigenvalue weighted by Gasteiger charge is -2.09. The Morgan fingerprint density at radius 3 is 2.62 bits per heavy atom. The SMILES string of the molecule is Cc1cccc(F)c1Nc1cccc(Br)n1. The van der Waals surface area contributed by atoms with Gasteiger partial charge in [-0.25, -0.2) is 9.37 Å². The summed E-state index contributed by atoms with van der Waals surface area (Å²) in [6, 6.07) is 10.4. The first-order valence-electron chi connectivity index (χ1n) is 4.81. The van der Waals surface area contributed by atoms with Crippen molar-refractivity contribution in [1.82, 2.24) is 4.98 Å². The number of nitrogens with zero attached hydrogens (tertiary/aromatic N) is 1. The van der Waals surface area contributed by atoms with E-state index in [1.807, 2.05) is 25.1 Å². The molecule has 0 radical (unpaired) electrons. The number of halogens is 2. The molecule has 1 aromatic heterocycles. The van der Waals surface area contributed by atoms with Gasteiger partial charge in [-0.2, -0.15) is 0 Å². The van der Waals surface area contributed by atoms with Crippen molar-refractivity contribution in [1.29, 1.82) is 0 Å². The largest absolute Gasteiger partial charge is 0.338 e. The molecule has 0 aliphatic rings. The fourth-order valence-electron chi connectivity index (χ4n) is 1.40. The molecule has 0 spiro atoms. The molecule has 0 amide bonds. The van der Waals surface area contributed by atoms with Crippen molar-refractivity contribution in [2.24, 2.45) is 0 Å². The topological polar surface area (TPSA) is 24.9 Å². The number of aromatic nitrogens is 1. The van der Waals surface area contributed by atoms with Crippen molar-refractivity contribution in [2.45, 2.75) is 6.92 Å². The highest BCUT2D eigenvalue weighted by molar-refractivity contribution is 9.10. The highest BCUT2D eigenvalue weighted by Crippen LogP contribution is 2.23. The molecule has 0 fully saturated rings. The van der Waals surface area contributed by atoms with Crippen LogP contribution in [0.25, 0.3) is 0 Å². The molecule has 0 bridgehead atoms. The zero-order chi connectivity index (χ0) is 11.5. The summed E-state index contributed by atoms with van der Waals surface area (Å²) >= 11 is 3.27. The van der Waals surface area contributed by atoms with Gasteiger partial charge in [-0.1, -0.05) is 18.2 Å². The van der Waals surface area contributed by atoms with Gasteiger partial charge in [-0.15, -0.1) is 0 Å². The minimum absolute atomic E-state index is 0.276. The molecule has 0 saturated carbocycles. The molecular weight excluding hydrogens is 271 g/mol. The molecule has 0 aliphatic heterocycles. The normalized spacial score (nSPS) is 10.2. The highest BCUT2D eigenvalue weighted by atomic mass is 79.9. The molecule has 16 heavy (non-hydrogen) atoms. The third-order valence-corrected chi connectivity index (χ3v) is 2.63. The van der Waals surface area contributed by atoms with E-state index in [9.17, 15) is 4.39 Å². The molecule has 1 N–H and O–H groups in total. The van der Waals surface area contributed by atoms with Gasteiger partial charge in [0.05, 0.1) is 5.69 Å². The lowest BCUT2D eigenvalue weighted by molar-refractivity contribution is 0.631. The Hall–Kier alpha value is -1.42. The van der Waals surface area contributed by atoms with Crippen LogP contribution >= 0.6 is 15.9 Å². The molecular formula is C12H10BrFN2. The summed E-state index contributed by atoms with van der Waals surface area (Å²) in [4.78, 5) is 4.19. The fraction of sp³-hybridized carbons (Fsp3) is 0.0833. The zero-order valence-corrected chi connectivity index (χ0v) is 10.3. The van der Waals surface area contributed by atoms with Crippen LogP contribution in [0.5, 0.6) is 0 Å². The fourth-order valence-corrected chi connectivity index (χ4v) is 1.74. The number of nitrogens with one attached hydrogen (secondary N) is 1. The van der Waals surface area contributed by atoms with Crippen molar-refractivity contribution in [3.05, 3.63) is 52.4 Å². The second-order valence-electron chi connectivity index (χ2n) is 3.40. The third-order valence-electron chi connectivity index (χ3n) is 2.19. The Morgan fingerprint density at radius 1 is 1.19 bits per heavy atom. The van der Waals surface area contributed by atoms with Crippen LogP contribution in [0.4, 0.5) is 15.9 Å². The average Bonchev–Trinajstić information content (AvgIpc) is 2.24. The number of hydrogen-bond donors (Lipinski definition) is 1. The summed E-state index contributed by atoms with van der Waals surface area (Å²) in [5, 5.41) is 2.97. The van der Waals surface area contributed by atoms with Crippen molar-refractivity contribution in [2.75, 3.05) is 5.32 Å². The summed E-state index contributed by atoms with van der Waals surface area (Å²) in [6.07, 6.45) is 0. The maximum absolute atomic E-state index is 13.5. The third kappa shape index (κ3) is 2.39. The van der Waals surface area contributed by atoms with Crippen molar-refractivity contribution in [3.8, 4) is 0 Å². The van der Waals surface area contributed by atoms with Crippen LogP contribution in [-0.4, -0.2) is 4.98 Å². The summed E-state index contributed by atoms with van der Waals surface area (Å²) < 4.78 is 14.2. The first kappa shape index (κ1) is 11.1. The molecule has 0 saturated heterocycles. The molecule has 2 aromatic rings. The van der Waals surface area contributed by atoms with Gasteiger partial charge in [-0.3, -0.25) is 0 Å². The number of aryl methyl sites for hydroxylation is 1. The number of para-hydroxylation sites is 1. The predicted octanol–water partition coefficient (Wildman–Crippen LogP) is 4.04. The minimum atomic E-state index is -0.276. The second-order valence-corrected chi connectivity index (χ2v) is 4.21. The number of anilines is 2. The minimum Gasteiger partial charge on any atom is -0.338 e. The summed E-state index contributed by atoms with van der Waals surface area (Å²) in [5.74, 6) is 0.337. The summed E-state index contributed by atoms with van der Waals surface area (Å²) in [6.45, 7) is 1.85. The van der Waals surface area contributed by atoms with Crippen LogP contribution < -0.4 is 5.32 Å². The lowest BCUT2D eigenvalue weighted by Crippen LogP contribution is -1.98. The first-order valence-corrected chi connectivity index (χ1v) is 5.61. The molecule has 1 aromatic carbocycles. The molecule has 2 rings (SSSR count). The van der Waals surface area contributed by atoms with Gasteiger partial charge in [0.25, 0.3) is 0 Å². The monoisotopic (exact) mass is 280 g/mol. The standard InChI is InChI=1S/C12H10BrFN2/c1-8-4-2-5-9(14)12(8)16-11-7-3-6-10(13)15-11/h2-7H,1H3,(H,15,16). The quantitative estimate of drug-likeness (QED) is 0.840. The molecule has 2 nitrogen and oxygen atoms in total. The molecule has 4 heteroatoms. The van der Waals surface area contributed by atoms with E-state index < -0.39 is 0 Å². The van der Waals surface area contributed by atoms with Crippen molar-refractivity contribution >= 4 is 27.4 Å². The van der Waals surface area contributed by atoms with Gasteiger partial charge in [0.2, 0.25) is 0 Å². The highest BCUT2D eigenvalue weighted by Gasteiger charge is 2.05. The van der Waals surface area contributed by atoms with Gasteiger partial charge in [0, 0.05) is 0 Å². The van der Waals surface area contributed by atoms with Crippen LogP contribution in [-0.2, 0) is 0 Å². The van der Waals surface area contributed by atoms with Crippen LogP contribution in [0.2, 0.25) is 0 Å². The lowest BCUT2D eigenvalue weighted by atomic mass is 10.2. The first-order chi connectivity index (χ1) is 7.66. The van der Waals surface area contributed by atoms with E-state index in [1.54, 1.807) is 12.1 Å². The van der Waals surface area contributed by atoms with E-state index in [-0.39, 0.29) is 5.82 Å². The Labute approximate surface area is 102 Å². The van der Waals surface area contributed by atoms with Crippen molar-refractivity contribution in [3.63, 3.8) is 0 Å². The average molecular weight is 281 g/mol. The van der Waals surface area contributed by atoms with Gasteiger partial charge in [0.15, 0.2) is 0 Å². The van der Waals surface area contributed by atoms with Crippen LogP contribution in [0.15, 0.2) is 41.0 Å². The van der Waals surface area contributed by atoms with Gasteiger partial charge >= 0.3 is 0 Å². The molecule has 0 atom stereocenters. The molecule has 1 heterocycles. The van der Waals surface area contributed by atoms with E-state index in [0.717, 1.165) is 5.56 Å². The zero-order valence-electron chi connectivity index (χ0n) is 8.67. The van der Waals surface area contributed by atoms with Crippen LogP contribution in [0.3, 0.4) is 0 Å². The molecule has 0 aliphatic carbocycles. The maximum Gasteiger partial charge on any atom is 0.146 e. The molecule has 82 valence electrons. The van der Waals surface area contributed by atoms with E-state index in [4.69, 9.17) is 0 Å². The van der Waals surface area contributed by atoms with Gasteiger partial charge in [-0.05, 0) is 46.6 Å². The molecule has 0 unspecified atom stereocenters. The Balaban J connectivity index is 2.34. The Kier molecular flexibility index (Phi) is 3.19. The summed E-state index contributed by atoms with van der Waals surface area (Å²) in [5.41, 5.74) is 1.31. The van der Waals surface area contributed by atoms with E-state index >= 15 is 0 Å². The van der Waals surface area contributed by atoms with E-state index in [0.29, 0.717) is 16.1 Å². The number of benzene rings is 1. The Bertz CT molecular complexity index is 494.